The van der Waals surface area contributed by atoms with Crippen molar-refractivity contribution in [3.63, 3.8) is 0 Å². The molecule has 2 aromatic rings. The van der Waals surface area contributed by atoms with Crippen molar-refractivity contribution in [1.29, 1.82) is 0 Å². The summed E-state index contributed by atoms with van der Waals surface area (Å²) in [6, 6.07) is 5.83. The lowest BCUT2D eigenvalue weighted by Gasteiger charge is -2.09. The topological polar surface area (TPSA) is 22.1 Å². The first kappa shape index (κ1) is 14.2. The highest BCUT2D eigenvalue weighted by Gasteiger charge is 2.13. The number of nitrogens with zero attached hydrogens (tertiary/aromatic N) is 1. The van der Waals surface area contributed by atoms with Gasteiger partial charge in [0, 0.05) is 0 Å². The van der Waals surface area contributed by atoms with Gasteiger partial charge in [0.2, 0.25) is 0 Å². The summed E-state index contributed by atoms with van der Waals surface area (Å²) in [6.07, 6.45) is 1.46. The Labute approximate surface area is 122 Å². The molecule has 0 bridgehead atoms. The van der Waals surface area contributed by atoms with Gasteiger partial charge in [-0.3, -0.25) is 4.98 Å². The second-order valence-corrected chi connectivity index (χ2v) is 4.85. The molecule has 0 unspecified atom stereocenters. The van der Waals surface area contributed by atoms with Crippen LogP contribution in [-0.2, 0) is 12.5 Å². The quantitative estimate of drug-likeness (QED) is 0.602. The lowest BCUT2D eigenvalue weighted by Crippen LogP contribution is -2.03. The van der Waals surface area contributed by atoms with Crippen LogP contribution in [0.4, 0.5) is 8.78 Å². The van der Waals surface area contributed by atoms with Crippen LogP contribution in [0.25, 0.3) is 0 Å². The lowest BCUT2D eigenvalue weighted by atomic mass is 10.2. The van der Waals surface area contributed by atoms with Gasteiger partial charge in [-0.15, -0.1) is 11.6 Å². The van der Waals surface area contributed by atoms with Crippen LogP contribution in [0.3, 0.4) is 0 Å². The molecule has 0 radical (unpaired) electrons. The van der Waals surface area contributed by atoms with Crippen molar-refractivity contribution in [1.82, 2.24) is 4.98 Å². The fourth-order valence-corrected chi connectivity index (χ4v) is 1.96. The summed E-state index contributed by atoms with van der Waals surface area (Å²) in [4.78, 5) is 4.02. The fourth-order valence-electron chi connectivity index (χ4n) is 1.43. The summed E-state index contributed by atoms with van der Waals surface area (Å²) in [5.74, 6) is -0.584. The maximum atomic E-state index is 13.7. The standard InChI is InChI=1S/C13H9BrClF2NO/c14-11-3-4-12(16)10(13(11)17)7-19-9-2-1-8(5-15)18-6-9/h1-4,6H,5,7H2. The van der Waals surface area contributed by atoms with E-state index in [-0.39, 0.29) is 16.6 Å². The lowest BCUT2D eigenvalue weighted by molar-refractivity contribution is 0.291. The maximum Gasteiger partial charge on any atom is 0.146 e. The molecule has 2 rings (SSSR count). The van der Waals surface area contributed by atoms with Gasteiger partial charge in [0.15, 0.2) is 0 Å². The molecule has 0 N–H and O–H groups in total. The molecule has 19 heavy (non-hydrogen) atoms. The third-order valence-electron chi connectivity index (χ3n) is 2.46. The SMILES string of the molecule is Fc1ccc(Br)c(F)c1COc1ccc(CCl)nc1. The molecule has 0 spiro atoms. The molecule has 0 atom stereocenters. The number of benzene rings is 1. The Kier molecular flexibility index (Phi) is 4.71. The Balaban J connectivity index is 2.12. The monoisotopic (exact) mass is 347 g/mol. The van der Waals surface area contributed by atoms with Crippen LogP contribution in [0, 0.1) is 11.6 Å². The first-order valence-corrected chi connectivity index (χ1v) is 6.70. The van der Waals surface area contributed by atoms with E-state index < -0.39 is 11.6 Å². The molecule has 0 aliphatic heterocycles. The van der Waals surface area contributed by atoms with E-state index in [0.29, 0.717) is 17.3 Å². The van der Waals surface area contributed by atoms with Crippen molar-refractivity contribution in [3.05, 3.63) is 57.8 Å². The summed E-state index contributed by atoms with van der Waals surface area (Å²) >= 11 is 8.60. The number of alkyl halides is 1. The predicted octanol–water partition coefficient (Wildman–Crippen LogP) is 4.44. The van der Waals surface area contributed by atoms with Crippen LogP contribution in [0.2, 0.25) is 0 Å². The van der Waals surface area contributed by atoms with Crippen LogP contribution in [0.1, 0.15) is 11.3 Å². The normalized spacial score (nSPS) is 10.5. The van der Waals surface area contributed by atoms with E-state index >= 15 is 0 Å². The molecule has 1 aromatic carbocycles. The van der Waals surface area contributed by atoms with Crippen molar-refractivity contribution in [2.75, 3.05) is 0 Å². The van der Waals surface area contributed by atoms with Crippen molar-refractivity contribution >= 4 is 27.5 Å². The van der Waals surface area contributed by atoms with Gasteiger partial charge in [0.25, 0.3) is 0 Å². The average Bonchev–Trinajstić information content (AvgIpc) is 2.44. The number of hydrogen-bond acceptors (Lipinski definition) is 2. The van der Waals surface area contributed by atoms with E-state index in [9.17, 15) is 8.78 Å². The van der Waals surface area contributed by atoms with Crippen LogP contribution >= 0.6 is 27.5 Å². The first-order chi connectivity index (χ1) is 9.11. The minimum absolute atomic E-state index is 0.129. The summed E-state index contributed by atoms with van der Waals surface area (Å²) in [6.45, 7) is -0.209. The Morgan fingerprint density at radius 2 is 2.00 bits per heavy atom. The van der Waals surface area contributed by atoms with Crippen LogP contribution in [0.5, 0.6) is 5.75 Å². The number of aromatic nitrogens is 1. The zero-order valence-corrected chi connectivity index (χ0v) is 12.0. The molecule has 0 saturated heterocycles. The molecular formula is C13H9BrClF2NO. The van der Waals surface area contributed by atoms with Gasteiger partial charge in [0.05, 0.1) is 27.8 Å². The van der Waals surface area contributed by atoms with Crippen molar-refractivity contribution in [3.8, 4) is 5.75 Å². The molecule has 2 nitrogen and oxygen atoms in total. The second-order valence-electron chi connectivity index (χ2n) is 3.73. The van der Waals surface area contributed by atoms with E-state index in [0.717, 1.165) is 0 Å². The summed E-state index contributed by atoms with van der Waals surface area (Å²) in [7, 11) is 0. The number of hydrogen-bond donors (Lipinski definition) is 0. The average molecular weight is 349 g/mol. The third-order valence-corrected chi connectivity index (χ3v) is 3.34. The van der Waals surface area contributed by atoms with E-state index in [2.05, 4.69) is 20.9 Å². The maximum absolute atomic E-state index is 13.7. The molecule has 0 fully saturated rings. The fraction of sp³-hybridized carbons (Fsp3) is 0.154. The Hall–Kier alpha value is -1.20. The Bertz CT molecular complexity index is 578. The number of halogens is 4. The van der Waals surface area contributed by atoms with Gasteiger partial charge < -0.3 is 4.74 Å². The second kappa shape index (κ2) is 6.30. The van der Waals surface area contributed by atoms with Crippen LogP contribution in [-0.4, -0.2) is 4.98 Å². The minimum Gasteiger partial charge on any atom is -0.487 e. The van der Waals surface area contributed by atoms with Gasteiger partial charge in [-0.2, -0.15) is 0 Å². The van der Waals surface area contributed by atoms with E-state index in [4.69, 9.17) is 16.3 Å². The smallest absolute Gasteiger partial charge is 0.146 e. The Morgan fingerprint density at radius 3 is 2.63 bits per heavy atom. The van der Waals surface area contributed by atoms with Gasteiger partial charge in [-0.25, -0.2) is 8.78 Å². The zero-order valence-electron chi connectivity index (χ0n) is 9.67. The Morgan fingerprint density at radius 1 is 1.21 bits per heavy atom. The van der Waals surface area contributed by atoms with Gasteiger partial charge in [-0.05, 0) is 40.2 Å². The molecule has 1 aromatic heterocycles. The van der Waals surface area contributed by atoms with Gasteiger partial charge in [0.1, 0.15) is 24.0 Å². The summed E-state index contributed by atoms with van der Waals surface area (Å²) in [5, 5.41) is 0. The van der Waals surface area contributed by atoms with Crippen molar-refractivity contribution in [2.24, 2.45) is 0 Å². The van der Waals surface area contributed by atoms with Crippen LogP contribution in [0.15, 0.2) is 34.9 Å². The van der Waals surface area contributed by atoms with E-state index in [1.807, 2.05) is 0 Å². The largest absolute Gasteiger partial charge is 0.487 e. The summed E-state index contributed by atoms with van der Waals surface area (Å²) in [5.41, 5.74) is 0.574. The molecular weight excluding hydrogens is 340 g/mol. The number of ether oxygens (including phenoxy) is 1. The van der Waals surface area contributed by atoms with Gasteiger partial charge >= 0.3 is 0 Å². The van der Waals surface area contributed by atoms with Crippen LogP contribution < -0.4 is 4.74 Å². The first-order valence-electron chi connectivity index (χ1n) is 5.38. The molecule has 1 heterocycles. The molecule has 0 aliphatic carbocycles. The minimum atomic E-state index is -0.662. The highest BCUT2D eigenvalue weighted by atomic mass is 79.9. The van der Waals surface area contributed by atoms with E-state index in [1.165, 1.54) is 18.3 Å². The highest BCUT2D eigenvalue weighted by Crippen LogP contribution is 2.23. The molecule has 0 amide bonds. The highest BCUT2D eigenvalue weighted by molar-refractivity contribution is 9.10. The summed E-state index contributed by atoms with van der Waals surface area (Å²) < 4.78 is 32.7. The van der Waals surface area contributed by atoms with Crippen molar-refractivity contribution < 1.29 is 13.5 Å². The molecule has 0 saturated carbocycles. The van der Waals surface area contributed by atoms with Gasteiger partial charge in [-0.1, -0.05) is 0 Å². The number of pyridine rings is 1. The predicted molar refractivity (Wildman–Crippen MR) is 72.2 cm³/mol. The molecule has 6 heteroatoms. The third kappa shape index (κ3) is 3.42. The number of rotatable bonds is 4. The van der Waals surface area contributed by atoms with E-state index in [1.54, 1.807) is 12.1 Å². The molecule has 100 valence electrons. The zero-order chi connectivity index (χ0) is 13.8. The van der Waals surface area contributed by atoms with Crippen molar-refractivity contribution in [2.45, 2.75) is 12.5 Å². The molecule has 0 aliphatic rings.